The zero-order chi connectivity index (χ0) is 9.97. The van der Waals surface area contributed by atoms with Gasteiger partial charge >= 0.3 is 0 Å². The second kappa shape index (κ2) is 4.14. The van der Waals surface area contributed by atoms with Gasteiger partial charge in [0, 0.05) is 5.56 Å². The summed E-state index contributed by atoms with van der Waals surface area (Å²) in [6.45, 7) is 0. The first kappa shape index (κ1) is 9.72. The predicted molar refractivity (Wildman–Crippen MR) is 64.3 cm³/mol. The molecule has 0 radical (unpaired) electrons. The number of nitrogens with zero attached hydrogens (tertiary/aromatic N) is 2. The monoisotopic (exact) mass is 316 g/mol. The van der Waals surface area contributed by atoms with E-state index in [1.54, 1.807) is 0 Å². The molecule has 0 saturated heterocycles. The van der Waals surface area contributed by atoms with E-state index in [2.05, 4.69) is 8.75 Å². The largest absolute Gasteiger partial charge is 0.284 e. The van der Waals surface area contributed by atoms with Crippen molar-refractivity contribution in [3.05, 3.63) is 44.3 Å². The van der Waals surface area contributed by atoms with Crippen molar-refractivity contribution in [2.75, 3.05) is 0 Å². The van der Waals surface area contributed by atoms with Crippen LogP contribution in [0.3, 0.4) is 0 Å². The first-order chi connectivity index (χ1) is 6.79. The van der Waals surface area contributed by atoms with Crippen molar-refractivity contribution >= 4 is 34.3 Å². The SMILES string of the molecule is O=c1c(I)nsnc1-c1ccccc1. The molecule has 0 aliphatic heterocycles. The van der Waals surface area contributed by atoms with Crippen LogP contribution in [0.2, 0.25) is 0 Å². The number of rotatable bonds is 1. The molecule has 0 fully saturated rings. The molecular weight excluding hydrogens is 311 g/mol. The minimum absolute atomic E-state index is 0.101. The molecule has 0 N–H and O–H groups in total. The van der Waals surface area contributed by atoms with Gasteiger partial charge in [-0.15, -0.1) is 0 Å². The van der Waals surface area contributed by atoms with E-state index in [4.69, 9.17) is 0 Å². The van der Waals surface area contributed by atoms with Gasteiger partial charge < -0.3 is 0 Å². The lowest BCUT2D eigenvalue weighted by atomic mass is 10.1. The van der Waals surface area contributed by atoms with Crippen molar-refractivity contribution in [2.45, 2.75) is 0 Å². The molecule has 3 nitrogen and oxygen atoms in total. The van der Waals surface area contributed by atoms with E-state index in [1.807, 2.05) is 52.9 Å². The molecule has 1 aromatic heterocycles. The third-order valence-electron chi connectivity index (χ3n) is 1.70. The van der Waals surface area contributed by atoms with Gasteiger partial charge in [0.15, 0.2) is 3.70 Å². The minimum atomic E-state index is -0.101. The van der Waals surface area contributed by atoms with Crippen molar-refractivity contribution in [3.63, 3.8) is 0 Å². The molecule has 2 aromatic rings. The molecule has 5 heteroatoms. The maximum atomic E-state index is 11.6. The Hall–Kier alpha value is -0.820. The second-order valence-corrected chi connectivity index (χ2v) is 4.15. The molecule has 0 aliphatic carbocycles. The molecule has 2 rings (SSSR count). The topological polar surface area (TPSA) is 42.9 Å². The number of halogens is 1. The van der Waals surface area contributed by atoms with Crippen LogP contribution in [0.4, 0.5) is 0 Å². The Bertz CT molecular complexity index is 498. The predicted octanol–water partition coefficient (Wildman–Crippen LogP) is 2.17. The second-order valence-electron chi connectivity index (χ2n) is 2.60. The summed E-state index contributed by atoms with van der Waals surface area (Å²) in [5.74, 6) is 0. The van der Waals surface area contributed by atoms with Crippen LogP contribution in [0, 0.1) is 3.70 Å². The fraction of sp³-hybridized carbons (Fsp3) is 0. The van der Waals surface area contributed by atoms with Gasteiger partial charge in [0.05, 0.1) is 11.7 Å². The van der Waals surface area contributed by atoms with Crippen LogP contribution in [-0.4, -0.2) is 8.75 Å². The van der Waals surface area contributed by atoms with Gasteiger partial charge in [0.1, 0.15) is 5.69 Å². The maximum Gasteiger partial charge on any atom is 0.238 e. The highest BCUT2D eigenvalue weighted by Crippen LogP contribution is 2.12. The summed E-state index contributed by atoms with van der Waals surface area (Å²) in [5, 5.41) is 0. The average molecular weight is 316 g/mol. The van der Waals surface area contributed by atoms with Crippen molar-refractivity contribution in [2.24, 2.45) is 0 Å². The Labute approximate surface area is 98.3 Å². The first-order valence-corrected chi connectivity index (χ1v) is 5.68. The number of hydrogen-bond donors (Lipinski definition) is 0. The Morgan fingerprint density at radius 3 is 2.57 bits per heavy atom. The Kier molecular flexibility index (Phi) is 2.87. The van der Waals surface area contributed by atoms with Crippen LogP contribution in [0.15, 0.2) is 35.1 Å². The fourth-order valence-electron chi connectivity index (χ4n) is 1.06. The summed E-state index contributed by atoms with van der Waals surface area (Å²) in [6.07, 6.45) is 0. The zero-order valence-corrected chi connectivity index (χ0v) is 9.95. The van der Waals surface area contributed by atoms with Crippen molar-refractivity contribution < 1.29 is 0 Å². The fourth-order valence-corrected chi connectivity index (χ4v) is 2.04. The maximum absolute atomic E-state index is 11.6. The third-order valence-corrected chi connectivity index (χ3v) is 3.29. The van der Waals surface area contributed by atoms with E-state index in [9.17, 15) is 4.79 Å². The van der Waals surface area contributed by atoms with Gasteiger partial charge in [-0.1, -0.05) is 30.3 Å². The van der Waals surface area contributed by atoms with E-state index >= 15 is 0 Å². The molecule has 0 saturated carbocycles. The highest BCUT2D eigenvalue weighted by molar-refractivity contribution is 14.1. The highest BCUT2D eigenvalue weighted by atomic mass is 127. The normalized spacial score (nSPS) is 10.1. The van der Waals surface area contributed by atoms with E-state index in [-0.39, 0.29) is 5.43 Å². The molecule has 1 aromatic carbocycles. The molecular formula is C9H5IN2OS. The summed E-state index contributed by atoms with van der Waals surface area (Å²) in [5.41, 5.74) is 1.22. The number of hydrogen-bond acceptors (Lipinski definition) is 4. The summed E-state index contributed by atoms with van der Waals surface area (Å²) in [4.78, 5) is 11.6. The van der Waals surface area contributed by atoms with Crippen LogP contribution in [0.25, 0.3) is 11.3 Å². The molecule has 14 heavy (non-hydrogen) atoms. The molecule has 0 aliphatic rings. The van der Waals surface area contributed by atoms with E-state index in [0.29, 0.717) is 9.39 Å². The number of aromatic nitrogens is 2. The average Bonchev–Trinajstić information content (AvgIpc) is 2.23. The molecule has 0 spiro atoms. The van der Waals surface area contributed by atoms with Crippen LogP contribution in [0.5, 0.6) is 0 Å². The standard InChI is InChI=1S/C9H5IN2OS/c10-9-8(13)7(11-14-12-9)6-4-2-1-3-5-6/h1-5H. The van der Waals surface area contributed by atoms with Gasteiger partial charge in [-0.2, -0.15) is 8.75 Å². The van der Waals surface area contributed by atoms with Gasteiger partial charge in [-0.25, -0.2) is 0 Å². The van der Waals surface area contributed by atoms with Gasteiger partial charge in [0.2, 0.25) is 5.43 Å². The lowest BCUT2D eigenvalue weighted by Gasteiger charge is -1.96. The quantitative estimate of drug-likeness (QED) is 0.757. The van der Waals surface area contributed by atoms with Gasteiger partial charge in [0.25, 0.3) is 0 Å². The lowest BCUT2D eigenvalue weighted by molar-refractivity contribution is 1.30. The third kappa shape index (κ3) is 1.83. The smallest absolute Gasteiger partial charge is 0.238 e. The number of benzene rings is 1. The van der Waals surface area contributed by atoms with E-state index < -0.39 is 0 Å². The zero-order valence-electron chi connectivity index (χ0n) is 6.98. The minimum Gasteiger partial charge on any atom is -0.284 e. The van der Waals surface area contributed by atoms with Crippen LogP contribution < -0.4 is 5.43 Å². The Morgan fingerprint density at radius 2 is 1.86 bits per heavy atom. The van der Waals surface area contributed by atoms with E-state index in [0.717, 1.165) is 17.3 Å². The van der Waals surface area contributed by atoms with Crippen molar-refractivity contribution in [1.82, 2.24) is 8.75 Å². The van der Waals surface area contributed by atoms with Gasteiger partial charge in [-0.3, -0.25) is 4.79 Å². The lowest BCUT2D eigenvalue weighted by Crippen LogP contribution is -2.10. The first-order valence-electron chi connectivity index (χ1n) is 3.87. The van der Waals surface area contributed by atoms with E-state index in [1.165, 1.54) is 0 Å². The molecule has 0 amide bonds. The van der Waals surface area contributed by atoms with Gasteiger partial charge in [-0.05, 0) is 22.6 Å². The summed E-state index contributed by atoms with van der Waals surface area (Å²) in [7, 11) is 0. The van der Waals surface area contributed by atoms with Crippen LogP contribution >= 0.6 is 34.3 Å². The van der Waals surface area contributed by atoms with Crippen molar-refractivity contribution in [1.29, 1.82) is 0 Å². The Morgan fingerprint density at radius 1 is 1.14 bits per heavy atom. The van der Waals surface area contributed by atoms with Crippen LogP contribution in [-0.2, 0) is 0 Å². The summed E-state index contributed by atoms with van der Waals surface area (Å²) in [6, 6.07) is 9.41. The Balaban J connectivity index is 2.64. The molecule has 0 atom stereocenters. The van der Waals surface area contributed by atoms with Crippen LogP contribution in [0.1, 0.15) is 0 Å². The molecule has 0 bridgehead atoms. The molecule has 1 heterocycles. The summed E-state index contributed by atoms with van der Waals surface area (Å²) >= 11 is 2.98. The highest BCUT2D eigenvalue weighted by Gasteiger charge is 2.07. The molecule has 0 unspecified atom stereocenters. The molecule has 70 valence electrons. The summed E-state index contributed by atoms with van der Waals surface area (Å²) < 4.78 is 8.37. The van der Waals surface area contributed by atoms with Crippen molar-refractivity contribution in [3.8, 4) is 11.3 Å².